The first-order chi connectivity index (χ1) is 9.06. The minimum Gasteiger partial charge on any atom is -0.341 e. The van der Waals surface area contributed by atoms with Gasteiger partial charge >= 0.3 is 0 Å². The highest BCUT2D eigenvalue weighted by atomic mass is 79.9. The second-order valence-electron chi connectivity index (χ2n) is 5.32. The van der Waals surface area contributed by atoms with Gasteiger partial charge in [-0.3, -0.25) is 4.79 Å². The predicted octanol–water partition coefficient (Wildman–Crippen LogP) is 2.86. The first-order valence-electron chi connectivity index (χ1n) is 6.82. The lowest BCUT2D eigenvalue weighted by atomic mass is 10.1. The van der Waals surface area contributed by atoms with Crippen LogP contribution in [-0.4, -0.2) is 29.9 Å². The van der Waals surface area contributed by atoms with E-state index in [1.165, 1.54) is 11.1 Å². The molecule has 2 rings (SSSR count). The highest BCUT2D eigenvalue weighted by Crippen LogP contribution is 2.18. The van der Waals surface area contributed by atoms with Crippen LogP contribution in [0.1, 0.15) is 30.9 Å². The Morgan fingerprint density at radius 3 is 2.89 bits per heavy atom. The molecule has 1 unspecified atom stereocenters. The zero-order valence-electron chi connectivity index (χ0n) is 11.6. The number of carbonyl (C=O) groups is 1. The number of likely N-dealkylation sites (tertiary alicyclic amines) is 1. The SMILES string of the molecule is Cc1ccc(CNC(C)CN2CCCC2=O)c(Br)c1. The lowest BCUT2D eigenvalue weighted by Gasteiger charge is -2.22. The maximum absolute atomic E-state index is 11.6. The van der Waals surface area contributed by atoms with Crippen molar-refractivity contribution in [1.29, 1.82) is 0 Å². The Bertz CT molecular complexity index is 461. The molecule has 3 nitrogen and oxygen atoms in total. The summed E-state index contributed by atoms with van der Waals surface area (Å²) in [6.07, 6.45) is 1.73. The summed E-state index contributed by atoms with van der Waals surface area (Å²) in [5.74, 6) is 0.296. The molecule has 0 bridgehead atoms. The van der Waals surface area contributed by atoms with Crippen LogP contribution in [0.2, 0.25) is 0 Å². The number of nitrogens with zero attached hydrogens (tertiary/aromatic N) is 1. The molecule has 4 heteroatoms. The summed E-state index contributed by atoms with van der Waals surface area (Å²) >= 11 is 3.59. The molecule has 1 atom stereocenters. The summed E-state index contributed by atoms with van der Waals surface area (Å²) in [4.78, 5) is 13.5. The average Bonchev–Trinajstić information content (AvgIpc) is 2.74. The van der Waals surface area contributed by atoms with Crippen molar-refractivity contribution in [2.75, 3.05) is 13.1 Å². The number of rotatable bonds is 5. The fourth-order valence-corrected chi connectivity index (χ4v) is 3.01. The van der Waals surface area contributed by atoms with Crippen LogP contribution in [0.4, 0.5) is 0 Å². The van der Waals surface area contributed by atoms with Crippen molar-refractivity contribution < 1.29 is 4.79 Å². The van der Waals surface area contributed by atoms with Crippen LogP contribution in [-0.2, 0) is 11.3 Å². The largest absolute Gasteiger partial charge is 0.341 e. The van der Waals surface area contributed by atoms with Crippen molar-refractivity contribution >= 4 is 21.8 Å². The molecule has 1 fully saturated rings. The fraction of sp³-hybridized carbons (Fsp3) is 0.533. The Hall–Kier alpha value is -0.870. The zero-order valence-corrected chi connectivity index (χ0v) is 13.2. The molecule has 0 aromatic heterocycles. The Balaban J connectivity index is 1.82. The summed E-state index contributed by atoms with van der Waals surface area (Å²) in [6.45, 7) is 6.77. The Labute approximate surface area is 123 Å². The minimum absolute atomic E-state index is 0.296. The molecule has 0 radical (unpaired) electrons. The Kier molecular flexibility index (Phi) is 4.99. The second kappa shape index (κ2) is 6.53. The number of halogens is 1. The minimum atomic E-state index is 0.296. The average molecular weight is 325 g/mol. The van der Waals surface area contributed by atoms with Gasteiger partial charge in [0.25, 0.3) is 0 Å². The summed E-state index contributed by atoms with van der Waals surface area (Å²) in [7, 11) is 0. The van der Waals surface area contributed by atoms with Gasteiger partial charge in [0, 0.05) is 36.6 Å². The van der Waals surface area contributed by atoms with Crippen molar-refractivity contribution in [2.24, 2.45) is 0 Å². The molecule has 1 aromatic carbocycles. The molecular formula is C15H21BrN2O. The quantitative estimate of drug-likeness (QED) is 0.903. The number of benzene rings is 1. The van der Waals surface area contributed by atoms with E-state index in [4.69, 9.17) is 0 Å². The van der Waals surface area contributed by atoms with E-state index in [0.29, 0.717) is 11.9 Å². The highest BCUT2D eigenvalue weighted by Gasteiger charge is 2.21. The number of amides is 1. The lowest BCUT2D eigenvalue weighted by Crippen LogP contribution is -2.39. The van der Waals surface area contributed by atoms with Gasteiger partial charge in [-0.25, -0.2) is 0 Å². The maximum atomic E-state index is 11.6. The molecule has 1 amide bonds. The Morgan fingerprint density at radius 2 is 2.26 bits per heavy atom. The highest BCUT2D eigenvalue weighted by molar-refractivity contribution is 9.10. The van der Waals surface area contributed by atoms with Crippen molar-refractivity contribution in [2.45, 2.75) is 39.3 Å². The Morgan fingerprint density at radius 1 is 1.47 bits per heavy atom. The van der Waals surface area contributed by atoms with E-state index in [9.17, 15) is 4.79 Å². The first-order valence-corrected chi connectivity index (χ1v) is 7.62. The molecule has 0 saturated carbocycles. The van der Waals surface area contributed by atoms with Crippen molar-refractivity contribution in [3.63, 3.8) is 0 Å². The van der Waals surface area contributed by atoms with Crippen LogP contribution in [0.25, 0.3) is 0 Å². The molecule has 1 aliphatic rings. The summed E-state index contributed by atoms with van der Waals surface area (Å²) in [5, 5.41) is 3.48. The third-order valence-electron chi connectivity index (χ3n) is 3.52. The topological polar surface area (TPSA) is 32.3 Å². The van der Waals surface area contributed by atoms with Gasteiger partial charge in [-0.2, -0.15) is 0 Å². The number of nitrogens with one attached hydrogen (secondary N) is 1. The molecule has 0 spiro atoms. The van der Waals surface area contributed by atoms with E-state index in [-0.39, 0.29) is 0 Å². The molecule has 1 heterocycles. The van der Waals surface area contributed by atoms with Crippen molar-refractivity contribution in [3.05, 3.63) is 33.8 Å². The van der Waals surface area contributed by atoms with Gasteiger partial charge in [-0.05, 0) is 37.5 Å². The van der Waals surface area contributed by atoms with Crippen LogP contribution in [0.5, 0.6) is 0 Å². The predicted molar refractivity (Wildman–Crippen MR) is 81.0 cm³/mol. The summed E-state index contributed by atoms with van der Waals surface area (Å²) < 4.78 is 1.14. The van der Waals surface area contributed by atoms with Crippen molar-refractivity contribution in [1.82, 2.24) is 10.2 Å². The molecule has 1 aliphatic heterocycles. The van der Waals surface area contributed by atoms with Gasteiger partial charge in [0.15, 0.2) is 0 Å². The standard InChI is InChI=1S/C15H21BrN2O/c1-11-5-6-13(14(16)8-11)9-17-12(2)10-18-7-3-4-15(18)19/h5-6,8,12,17H,3-4,7,9-10H2,1-2H3. The summed E-state index contributed by atoms with van der Waals surface area (Å²) in [6, 6.07) is 6.71. The van der Waals surface area contributed by atoms with Gasteiger partial charge < -0.3 is 10.2 Å². The number of hydrogen-bond acceptors (Lipinski definition) is 2. The molecule has 1 saturated heterocycles. The summed E-state index contributed by atoms with van der Waals surface area (Å²) in [5.41, 5.74) is 2.51. The van der Waals surface area contributed by atoms with E-state index in [0.717, 1.165) is 36.9 Å². The van der Waals surface area contributed by atoms with Crippen LogP contribution >= 0.6 is 15.9 Å². The molecule has 104 valence electrons. The van der Waals surface area contributed by atoms with Crippen molar-refractivity contribution in [3.8, 4) is 0 Å². The van der Waals surface area contributed by atoms with Gasteiger partial charge in [-0.1, -0.05) is 28.1 Å². The lowest BCUT2D eigenvalue weighted by molar-refractivity contribution is -0.127. The first kappa shape index (κ1) is 14.5. The smallest absolute Gasteiger partial charge is 0.222 e. The van der Waals surface area contributed by atoms with Crippen LogP contribution in [0.15, 0.2) is 22.7 Å². The second-order valence-corrected chi connectivity index (χ2v) is 6.17. The molecule has 1 aromatic rings. The number of hydrogen-bond donors (Lipinski definition) is 1. The fourth-order valence-electron chi connectivity index (χ4n) is 2.37. The molecular weight excluding hydrogens is 304 g/mol. The number of carbonyl (C=O) groups excluding carboxylic acids is 1. The molecule has 1 N–H and O–H groups in total. The maximum Gasteiger partial charge on any atom is 0.222 e. The van der Waals surface area contributed by atoms with Gasteiger partial charge in [0.1, 0.15) is 0 Å². The van der Waals surface area contributed by atoms with E-state index < -0.39 is 0 Å². The van der Waals surface area contributed by atoms with E-state index in [2.05, 4.69) is 53.3 Å². The van der Waals surface area contributed by atoms with Gasteiger partial charge in [-0.15, -0.1) is 0 Å². The van der Waals surface area contributed by atoms with Gasteiger partial charge in [0.05, 0.1) is 0 Å². The van der Waals surface area contributed by atoms with E-state index >= 15 is 0 Å². The number of aryl methyl sites for hydroxylation is 1. The zero-order chi connectivity index (χ0) is 13.8. The normalized spacial score (nSPS) is 17.0. The van der Waals surface area contributed by atoms with Gasteiger partial charge in [0.2, 0.25) is 5.91 Å². The van der Waals surface area contributed by atoms with Crippen LogP contribution in [0, 0.1) is 6.92 Å². The molecule has 19 heavy (non-hydrogen) atoms. The third-order valence-corrected chi connectivity index (χ3v) is 4.25. The monoisotopic (exact) mass is 324 g/mol. The van der Waals surface area contributed by atoms with Crippen LogP contribution in [0.3, 0.4) is 0 Å². The van der Waals surface area contributed by atoms with E-state index in [1.807, 2.05) is 4.90 Å². The van der Waals surface area contributed by atoms with Crippen LogP contribution < -0.4 is 5.32 Å². The molecule has 0 aliphatic carbocycles. The third kappa shape index (κ3) is 4.05. The van der Waals surface area contributed by atoms with E-state index in [1.54, 1.807) is 0 Å².